The topological polar surface area (TPSA) is 38.7 Å². The van der Waals surface area contributed by atoms with Crippen LogP contribution >= 0.6 is 22.9 Å². The molecule has 0 saturated carbocycles. The first kappa shape index (κ1) is 9.93. The van der Waals surface area contributed by atoms with Gasteiger partial charge in [-0.2, -0.15) is 5.10 Å². The normalized spacial score (nSPS) is 11.4. The third-order valence-corrected chi connectivity index (χ3v) is 4.25. The summed E-state index contributed by atoms with van der Waals surface area (Å²) in [6.07, 6.45) is 1.73. The van der Waals surface area contributed by atoms with Crippen molar-refractivity contribution >= 4 is 43.2 Å². The van der Waals surface area contributed by atoms with Gasteiger partial charge in [0.15, 0.2) is 0 Å². The van der Waals surface area contributed by atoms with Gasteiger partial charge in [0.25, 0.3) is 0 Å². The molecule has 0 N–H and O–H groups in total. The van der Waals surface area contributed by atoms with Crippen LogP contribution in [0.25, 0.3) is 20.3 Å². The second-order valence-corrected chi connectivity index (χ2v) is 5.03. The van der Waals surface area contributed by atoms with Gasteiger partial charge in [0.2, 0.25) is 0 Å². The predicted octanol–water partition coefficient (Wildman–Crippen LogP) is 3.51. The van der Waals surface area contributed by atoms with Gasteiger partial charge < -0.3 is 0 Å². The third kappa shape index (κ3) is 1.23. The molecule has 0 radical (unpaired) electrons. The summed E-state index contributed by atoms with van der Waals surface area (Å²) in [7, 11) is 0. The third-order valence-electron chi connectivity index (χ3n) is 2.75. The van der Waals surface area contributed by atoms with E-state index in [-0.39, 0.29) is 0 Å². The number of hydrogen-bond donors (Lipinski definition) is 0. The summed E-state index contributed by atoms with van der Waals surface area (Å²) in [4.78, 5) is 5.01. The lowest BCUT2D eigenvalue weighted by Crippen LogP contribution is -1.90. The number of pyridine rings is 1. The molecule has 3 heterocycles. The average molecular weight is 250 g/mol. The Bertz CT molecular complexity index is 705. The van der Waals surface area contributed by atoms with Gasteiger partial charge in [0, 0.05) is 17.0 Å². The molecular formula is C11H8ClN3S. The zero-order valence-corrected chi connectivity index (χ0v) is 10.4. The summed E-state index contributed by atoms with van der Waals surface area (Å²) in [5.74, 6) is 0. The zero-order valence-electron chi connectivity index (χ0n) is 8.78. The standard InChI is InChI=1S/C11H8ClN3S/c1-5-6(2)14-15-11-8(5)7-3-4-13-10(12)9(7)16-11/h3-4H,1-2H3. The quantitative estimate of drug-likeness (QED) is 0.573. The van der Waals surface area contributed by atoms with Gasteiger partial charge in [-0.25, -0.2) is 4.98 Å². The Morgan fingerprint density at radius 1 is 1.25 bits per heavy atom. The summed E-state index contributed by atoms with van der Waals surface area (Å²) in [5, 5.41) is 11.1. The highest BCUT2D eigenvalue weighted by molar-refractivity contribution is 7.26. The van der Waals surface area contributed by atoms with Crippen LogP contribution in [0.1, 0.15) is 11.3 Å². The average Bonchev–Trinajstić information content (AvgIpc) is 2.64. The van der Waals surface area contributed by atoms with Crippen molar-refractivity contribution in [1.82, 2.24) is 15.2 Å². The summed E-state index contributed by atoms with van der Waals surface area (Å²) < 4.78 is 0.988. The lowest BCUT2D eigenvalue weighted by atomic mass is 10.1. The fourth-order valence-corrected chi connectivity index (χ4v) is 3.12. The molecular weight excluding hydrogens is 242 g/mol. The number of halogens is 1. The van der Waals surface area contributed by atoms with E-state index in [0.29, 0.717) is 5.15 Å². The lowest BCUT2D eigenvalue weighted by molar-refractivity contribution is 1.01. The van der Waals surface area contributed by atoms with E-state index in [1.54, 1.807) is 17.5 Å². The van der Waals surface area contributed by atoms with Crippen molar-refractivity contribution in [1.29, 1.82) is 0 Å². The number of rotatable bonds is 0. The van der Waals surface area contributed by atoms with Gasteiger partial charge in [0.1, 0.15) is 9.98 Å². The lowest BCUT2D eigenvalue weighted by Gasteiger charge is -1.99. The van der Waals surface area contributed by atoms with Crippen molar-refractivity contribution in [2.75, 3.05) is 0 Å². The molecule has 0 atom stereocenters. The largest absolute Gasteiger partial charge is 0.243 e. The molecule has 3 aromatic heterocycles. The van der Waals surface area contributed by atoms with Crippen molar-refractivity contribution < 1.29 is 0 Å². The van der Waals surface area contributed by atoms with Crippen LogP contribution in [0.3, 0.4) is 0 Å². The molecule has 16 heavy (non-hydrogen) atoms. The number of nitrogens with zero attached hydrogens (tertiary/aromatic N) is 3. The maximum absolute atomic E-state index is 6.07. The first-order chi connectivity index (χ1) is 7.68. The minimum atomic E-state index is 0.539. The number of aryl methyl sites for hydroxylation is 2. The molecule has 3 aromatic rings. The number of fused-ring (bicyclic) bond motifs is 3. The van der Waals surface area contributed by atoms with E-state index in [9.17, 15) is 0 Å². The Hall–Kier alpha value is -1.26. The van der Waals surface area contributed by atoms with E-state index < -0.39 is 0 Å². The summed E-state index contributed by atoms with van der Waals surface area (Å²) in [6, 6.07) is 1.98. The van der Waals surface area contributed by atoms with Crippen molar-refractivity contribution in [3.05, 3.63) is 28.7 Å². The number of hydrogen-bond acceptors (Lipinski definition) is 4. The first-order valence-corrected chi connectivity index (χ1v) is 6.04. The monoisotopic (exact) mass is 249 g/mol. The molecule has 5 heteroatoms. The minimum absolute atomic E-state index is 0.539. The summed E-state index contributed by atoms with van der Waals surface area (Å²) in [5.41, 5.74) is 2.12. The number of aromatic nitrogens is 3. The van der Waals surface area contributed by atoms with Crippen molar-refractivity contribution in [3.63, 3.8) is 0 Å². The fourth-order valence-electron chi connectivity index (χ4n) is 1.79. The molecule has 0 unspecified atom stereocenters. The summed E-state index contributed by atoms with van der Waals surface area (Å²) in [6.45, 7) is 4.03. The van der Waals surface area contributed by atoms with Crippen LogP contribution in [-0.4, -0.2) is 15.2 Å². The zero-order chi connectivity index (χ0) is 11.3. The van der Waals surface area contributed by atoms with E-state index in [0.717, 1.165) is 26.0 Å². The SMILES string of the molecule is Cc1nnc2sc3c(Cl)nccc3c2c1C. The molecule has 0 aliphatic rings. The van der Waals surface area contributed by atoms with Crippen LogP contribution in [0.2, 0.25) is 5.15 Å². The highest BCUT2D eigenvalue weighted by Gasteiger charge is 2.13. The van der Waals surface area contributed by atoms with E-state index in [1.807, 2.05) is 13.0 Å². The van der Waals surface area contributed by atoms with Crippen LogP contribution in [0, 0.1) is 13.8 Å². The molecule has 3 nitrogen and oxygen atoms in total. The Balaban J connectivity index is 2.63. The first-order valence-electron chi connectivity index (χ1n) is 4.85. The Morgan fingerprint density at radius 2 is 2.06 bits per heavy atom. The van der Waals surface area contributed by atoms with E-state index >= 15 is 0 Å². The van der Waals surface area contributed by atoms with Crippen LogP contribution < -0.4 is 0 Å². The van der Waals surface area contributed by atoms with Crippen LogP contribution in [0.5, 0.6) is 0 Å². The van der Waals surface area contributed by atoms with E-state index in [1.165, 1.54) is 5.56 Å². The summed E-state index contributed by atoms with van der Waals surface area (Å²) >= 11 is 7.61. The molecule has 0 fully saturated rings. The molecule has 0 amide bonds. The predicted molar refractivity (Wildman–Crippen MR) is 67.2 cm³/mol. The van der Waals surface area contributed by atoms with Gasteiger partial charge in [-0.3, -0.25) is 0 Å². The molecule has 0 aliphatic carbocycles. The van der Waals surface area contributed by atoms with Crippen LogP contribution in [-0.2, 0) is 0 Å². The Labute approximate surface area is 101 Å². The maximum Gasteiger partial charge on any atom is 0.147 e. The molecule has 0 bridgehead atoms. The highest BCUT2D eigenvalue weighted by atomic mass is 35.5. The number of thiophene rings is 1. The van der Waals surface area contributed by atoms with Crippen LogP contribution in [0.4, 0.5) is 0 Å². The van der Waals surface area contributed by atoms with Crippen molar-refractivity contribution in [2.45, 2.75) is 13.8 Å². The van der Waals surface area contributed by atoms with Gasteiger partial charge in [-0.15, -0.1) is 16.4 Å². The second kappa shape index (κ2) is 3.37. The fraction of sp³-hybridized carbons (Fsp3) is 0.182. The Morgan fingerprint density at radius 3 is 2.88 bits per heavy atom. The van der Waals surface area contributed by atoms with Crippen LogP contribution in [0.15, 0.2) is 12.3 Å². The molecule has 0 aliphatic heterocycles. The van der Waals surface area contributed by atoms with Gasteiger partial charge in [-0.05, 0) is 25.5 Å². The maximum atomic E-state index is 6.07. The van der Waals surface area contributed by atoms with E-state index in [2.05, 4.69) is 22.1 Å². The minimum Gasteiger partial charge on any atom is -0.243 e. The van der Waals surface area contributed by atoms with Gasteiger partial charge in [0.05, 0.1) is 10.4 Å². The molecule has 3 rings (SSSR count). The van der Waals surface area contributed by atoms with Gasteiger partial charge >= 0.3 is 0 Å². The van der Waals surface area contributed by atoms with Gasteiger partial charge in [-0.1, -0.05) is 11.6 Å². The second-order valence-electron chi connectivity index (χ2n) is 3.67. The highest BCUT2D eigenvalue weighted by Crippen LogP contribution is 2.37. The smallest absolute Gasteiger partial charge is 0.147 e. The molecule has 0 aromatic carbocycles. The molecule has 80 valence electrons. The molecule has 0 saturated heterocycles. The molecule has 0 spiro atoms. The van der Waals surface area contributed by atoms with Crippen molar-refractivity contribution in [2.24, 2.45) is 0 Å². The van der Waals surface area contributed by atoms with Crippen molar-refractivity contribution in [3.8, 4) is 0 Å². The van der Waals surface area contributed by atoms with E-state index in [4.69, 9.17) is 11.6 Å². The Kier molecular flexibility index (Phi) is 2.09.